The zero-order valence-electron chi connectivity index (χ0n) is 18.6. The van der Waals surface area contributed by atoms with Crippen LogP contribution in [-0.4, -0.2) is 27.9 Å². The normalized spacial score (nSPS) is 14.4. The van der Waals surface area contributed by atoms with Crippen LogP contribution in [0.4, 0.5) is 5.69 Å². The molecule has 2 heterocycles. The van der Waals surface area contributed by atoms with Gasteiger partial charge < -0.3 is 9.63 Å². The molecule has 0 unspecified atom stereocenters. The van der Waals surface area contributed by atoms with Crippen molar-refractivity contribution in [3.05, 3.63) is 106 Å². The van der Waals surface area contributed by atoms with Crippen molar-refractivity contribution in [3.63, 3.8) is 0 Å². The second-order valence-corrected chi connectivity index (χ2v) is 9.48. The lowest BCUT2D eigenvalue weighted by atomic mass is 10.2. The molecule has 1 aromatic heterocycles. The molecule has 0 saturated heterocycles. The predicted molar refractivity (Wildman–Crippen MR) is 138 cm³/mol. The summed E-state index contributed by atoms with van der Waals surface area (Å²) >= 11 is 4.46. The molecular formula is C26H17BrN4O4S. The van der Waals surface area contributed by atoms with Gasteiger partial charge in [-0.05, 0) is 40.6 Å². The number of rotatable bonds is 6. The zero-order valence-corrected chi connectivity index (χ0v) is 21.0. The molecule has 1 aliphatic rings. The van der Waals surface area contributed by atoms with Crippen molar-refractivity contribution in [1.82, 2.24) is 5.27 Å². The lowest BCUT2D eigenvalue weighted by Gasteiger charge is -2.17. The molecule has 0 saturated carbocycles. The summed E-state index contributed by atoms with van der Waals surface area (Å²) in [4.78, 5) is 32.4. The van der Waals surface area contributed by atoms with Crippen LogP contribution in [0.15, 0.2) is 105 Å². The van der Waals surface area contributed by atoms with Crippen molar-refractivity contribution in [3.8, 4) is 11.6 Å². The minimum absolute atomic E-state index is 0.149. The van der Waals surface area contributed by atoms with E-state index < -0.39 is 11.7 Å². The van der Waals surface area contributed by atoms with E-state index in [0.29, 0.717) is 16.5 Å². The molecule has 0 N–H and O–H groups in total. The molecule has 3 aromatic carbocycles. The molecule has 0 radical (unpaired) electrons. The fourth-order valence-corrected chi connectivity index (χ4v) is 4.68. The highest BCUT2D eigenvalue weighted by Crippen LogP contribution is 2.30. The first-order chi connectivity index (χ1) is 17.5. The van der Waals surface area contributed by atoms with E-state index in [1.54, 1.807) is 42.5 Å². The zero-order chi connectivity index (χ0) is 25.1. The lowest BCUT2D eigenvalue weighted by Crippen LogP contribution is -2.39. The van der Waals surface area contributed by atoms with Gasteiger partial charge in [-0.15, -0.1) is 0 Å². The SMILES string of the molecule is O=C(CSC1=N/C(=C/c2ccc(Br)cc2)C(=O)N1c1ccccc1)c1c([O-])on[n+]1-c1ccccc1. The largest absolute Gasteiger partial charge is 0.539 e. The van der Waals surface area contributed by atoms with Gasteiger partial charge in [-0.1, -0.05) is 76.2 Å². The van der Waals surface area contributed by atoms with Crippen LogP contribution in [0.3, 0.4) is 0 Å². The third kappa shape index (κ3) is 4.86. The number of hydrogen-bond acceptors (Lipinski definition) is 7. The summed E-state index contributed by atoms with van der Waals surface area (Å²) in [5.41, 5.74) is 2.00. The lowest BCUT2D eigenvalue weighted by molar-refractivity contribution is -0.672. The molecule has 4 aromatic rings. The van der Waals surface area contributed by atoms with Crippen LogP contribution in [0, 0.1) is 0 Å². The summed E-state index contributed by atoms with van der Waals surface area (Å²) in [6.07, 6.45) is 1.69. The number of halogens is 1. The van der Waals surface area contributed by atoms with Gasteiger partial charge in [0.25, 0.3) is 5.91 Å². The number of nitrogens with zero attached hydrogens (tertiary/aromatic N) is 4. The first-order valence-corrected chi connectivity index (χ1v) is 12.5. The Morgan fingerprint density at radius 3 is 2.39 bits per heavy atom. The maximum absolute atomic E-state index is 13.3. The van der Waals surface area contributed by atoms with Gasteiger partial charge in [0.1, 0.15) is 5.70 Å². The Hall–Kier alpha value is -4.02. The Morgan fingerprint density at radius 1 is 1.03 bits per heavy atom. The number of amides is 1. The maximum Gasteiger partial charge on any atom is 0.307 e. The van der Waals surface area contributed by atoms with Gasteiger partial charge in [-0.25, -0.2) is 4.99 Å². The van der Waals surface area contributed by atoms with Gasteiger partial charge >= 0.3 is 5.69 Å². The monoisotopic (exact) mass is 560 g/mol. The van der Waals surface area contributed by atoms with Crippen molar-refractivity contribution in [2.45, 2.75) is 0 Å². The molecule has 5 rings (SSSR count). The Kier molecular flexibility index (Phi) is 6.79. The van der Waals surface area contributed by atoms with Crippen LogP contribution >= 0.6 is 27.7 Å². The molecule has 0 bridgehead atoms. The van der Waals surface area contributed by atoms with Gasteiger partial charge in [-0.3, -0.25) is 14.5 Å². The summed E-state index contributed by atoms with van der Waals surface area (Å²) in [6, 6.07) is 25.3. The van der Waals surface area contributed by atoms with Gasteiger partial charge in [0.2, 0.25) is 11.5 Å². The van der Waals surface area contributed by atoms with E-state index >= 15 is 0 Å². The summed E-state index contributed by atoms with van der Waals surface area (Å²) in [5.74, 6) is -1.79. The van der Waals surface area contributed by atoms with E-state index in [2.05, 4.69) is 26.2 Å². The Morgan fingerprint density at radius 2 is 1.69 bits per heavy atom. The number of aliphatic imine (C=N–C) groups is 1. The van der Waals surface area contributed by atoms with E-state index in [0.717, 1.165) is 21.8 Å². The fourth-order valence-electron chi connectivity index (χ4n) is 3.54. The number of hydrogen-bond donors (Lipinski definition) is 0. The van der Waals surface area contributed by atoms with Crippen molar-refractivity contribution in [2.75, 3.05) is 10.7 Å². The molecular weight excluding hydrogens is 544 g/mol. The van der Waals surface area contributed by atoms with Gasteiger partial charge in [0.05, 0.1) is 16.7 Å². The predicted octanol–water partition coefficient (Wildman–Crippen LogP) is 4.15. The molecule has 36 heavy (non-hydrogen) atoms. The minimum Gasteiger partial charge on any atom is -0.539 e. The Balaban J connectivity index is 1.44. The molecule has 0 fully saturated rings. The highest BCUT2D eigenvalue weighted by Gasteiger charge is 2.34. The number of carbonyl (C=O) groups excluding carboxylic acids is 2. The Labute approximate surface area is 218 Å². The van der Waals surface area contributed by atoms with E-state index in [1.165, 1.54) is 9.58 Å². The number of aromatic nitrogens is 2. The van der Waals surface area contributed by atoms with Crippen LogP contribution in [0.25, 0.3) is 11.8 Å². The van der Waals surface area contributed by atoms with Crippen LogP contribution in [-0.2, 0) is 4.79 Å². The second-order valence-electron chi connectivity index (χ2n) is 7.62. The molecule has 178 valence electrons. The molecule has 8 nitrogen and oxygen atoms in total. The second kappa shape index (κ2) is 10.3. The molecule has 1 amide bonds. The Bertz CT molecular complexity index is 1490. The first-order valence-electron chi connectivity index (χ1n) is 10.8. The van der Waals surface area contributed by atoms with Crippen molar-refractivity contribution < 1.29 is 23.9 Å². The fraction of sp³-hybridized carbons (Fsp3) is 0.0385. The first kappa shape index (κ1) is 23.7. The number of amidine groups is 1. The van der Waals surface area contributed by atoms with Crippen molar-refractivity contribution in [1.29, 1.82) is 0 Å². The smallest absolute Gasteiger partial charge is 0.307 e. The number of anilines is 1. The van der Waals surface area contributed by atoms with E-state index in [9.17, 15) is 14.7 Å². The number of ketones is 1. The summed E-state index contributed by atoms with van der Waals surface area (Å²) in [7, 11) is 0. The highest BCUT2D eigenvalue weighted by molar-refractivity contribution is 9.10. The van der Waals surface area contributed by atoms with Crippen LogP contribution in [0.1, 0.15) is 16.1 Å². The molecule has 1 aliphatic heterocycles. The molecule has 10 heteroatoms. The average molecular weight is 561 g/mol. The molecule has 0 atom stereocenters. The standard InChI is InChI=1S/C26H17BrN4O4S/c27-18-13-11-17(12-14-18)15-21-24(33)30(19-7-3-1-4-8-19)26(28-21)36-16-22(32)23-25(34)35-29-31(23)20-9-5-2-6-10-20/h1-15H,16H2/b21-15+. The topological polar surface area (TPSA) is 103 Å². The van der Waals surface area contributed by atoms with Gasteiger partial charge in [0.15, 0.2) is 11.1 Å². The minimum atomic E-state index is -0.829. The molecule has 0 aliphatic carbocycles. The van der Waals surface area contributed by atoms with E-state index in [4.69, 9.17) is 4.52 Å². The number of thioether (sulfide) groups is 1. The van der Waals surface area contributed by atoms with E-state index in [1.807, 2.05) is 48.5 Å². The van der Waals surface area contributed by atoms with Crippen LogP contribution in [0.2, 0.25) is 0 Å². The average Bonchev–Trinajstić information content (AvgIpc) is 3.44. The number of para-hydroxylation sites is 2. The third-order valence-electron chi connectivity index (χ3n) is 5.23. The highest BCUT2D eigenvalue weighted by atomic mass is 79.9. The number of carbonyl (C=O) groups is 2. The van der Waals surface area contributed by atoms with E-state index in [-0.39, 0.29) is 23.1 Å². The van der Waals surface area contributed by atoms with Crippen LogP contribution in [0.5, 0.6) is 5.95 Å². The summed E-state index contributed by atoms with van der Waals surface area (Å²) in [5, 5.41) is 16.3. The van der Waals surface area contributed by atoms with Crippen molar-refractivity contribution >= 4 is 56.3 Å². The summed E-state index contributed by atoms with van der Waals surface area (Å²) < 4.78 is 6.87. The van der Waals surface area contributed by atoms with Crippen molar-refractivity contribution in [2.24, 2.45) is 4.99 Å². The third-order valence-corrected chi connectivity index (χ3v) is 6.69. The molecule has 0 spiro atoms. The van der Waals surface area contributed by atoms with Gasteiger partial charge in [-0.2, -0.15) is 0 Å². The number of benzene rings is 3. The number of Topliss-reactive ketones (excluding diaryl/α,β-unsaturated/α-hetero) is 1. The maximum atomic E-state index is 13.3. The summed E-state index contributed by atoms with van der Waals surface area (Å²) in [6.45, 7) is 0. The quantitative estimate of drug-likeness (QED) is 0.199. The van der Waals surface area contributed by atoms with Crippen LogP contribution < -0.4 is 14.7 Å². The van der Waals surface area contributed by atoms with Gasteiger partial charge in [0, 0.05) is 16.6 Å².